The Morgan fingerprint density at radius 2 is 1.50 bits per heavy atom. The van der Waals surface area contributed by atoms with Crippen molar-refractivity contribution in [3.63, 3.8) is 0 Å². The summed E-state index contributed by atoms with van der Waals surface area (Å²) in [5, 5.41) is 13.5. The van der Waals surface area contributed by atoms with Gasteiger partial charge in [-0.3, -0.25) is 4.52 Å². The number of unbranched alkanes of at least 4 members (excludes halogenated alkanes) is 15. The van der Waals surface area contributed by atoms with Crippen LogP contribution in [0.25, 0.3) is 5.69 Å². The minimum Gasteiger partial charge on any atom is -0.379 e. The molecule has 0 radical (unpaired) electrons. The van der Waals surface area contributed by atoms with Gasteiger partial charge in [0.1, 0.15) is 24.8 Å². The van der Waals surface area contributed by atoms with Gasteiger partial charge in [-0.05, 0) is 24.1 Å². The van der Waals surface area contributed by atoms with Crippen LogP contribution < -0.4 is 0 Å². The van der Waals surface area contributed by atoms with E-state index in [2.05, 4.69) is 27.6 Å². The number of phosphoric acid groups is 1. The van der Waals surface area contributed by atoms with E-state index in [4.69, 9.17) is 19.3 Å². The van der Waals surface area contributed by atoms with Gasteiger partial charge in [0.15, 0.2) is 0 Å². The molecule has 0 spiro atoms. The summed E-state index contributed by atoms with van der Waals surface area (Å²) in [6, 6.07) is 7.33. The summed E-state index contributed by atoms with van der Waals surface area (Å²) in [5.74, 6) is 0. The largest absolute Gasteiger partial charge is 0.469 e. The first kappa shape index (κ1) is 36.1. The van der Waals surface area contributed by atoms with Crippen LogP contribution in [0.4, 0.5) is 0 Å². The minimum absolute atomic E-state index is 0.144. The number of hydrogen-bond donors (Lipinski definition) is 2. The van der Waals surface area contributed by atoms with Crippen LogP contribution in [0.15, 0.2) is 30.9 Å². The lowest BCUT2D eigenvalue weighted by Crippen LogP contribution is -2.25. The summed E-state index contributed by atoms with van der Waals surface area (Å²) in [6.45, 7) is 2.83. The van der Waals surface area contributed by atoms with E-state index in [1.165, 1.54) is 107 Å². The zero-order valence-electron chi connectivity index (χ0n) is 25.4. The van der Waals surface area contributed by atoms with Crippen LogP contribution in [0.5, 0.6) is 0 Å². The van der Waals surface area contributed by atoms with Gasteiger partial charge in [-0.2, -0.15) is 10.4 Å². The van der Waals surface area contributed by atoms with Crippen molar-refractivity contribution in [3.05, 3.63) is 42.0 Å². The van der Waals surface area contributed by atoms with Crippen LogP contribution in [0.1, 0.15) is 121 Å². The van der Waals surface area contributed by atoms with E-state index in [0.29, 0.717) is 17.9 Å². The quantitative estimate of drug-likeness (QED) is 0.0827. The number of phosphoric ester groups is 1. The predicted octanol–water partition coefficient (Wildman–Crippen LogP) is 7.41. The highest BCUT2D eigenvalue weighted by molar-refractivity contribution is 7.46. The molecule has 0 saturated carbocycles. The number of nitriles is 1. The maximum Gasteiger partial charge on any atom is 0.469 e. The zero-order chi connectivity index (χ0) is 30.3. The molecule has 1 aromatic carbocycles. The van der Waals surface area contributed by atoms with E-state index >= 15 is 0 Å². The van der Waals surface area contributed by atoms with Crippen LogP contribution >= 0.6 is 7.82 Å². The molecule has 0 aliphatic heterocycles. The second-order valence-corrected chi connectivity index (χ2v) is 12.1. The highest BCUT2D eigenvalue weighted by Crippen LogP contribution is 2.36. The number of aromatic nitrogens is 3. The van der Waals surface area contributed by atoms with Gasteiger partial charge in [0.25, 0.3) is 0 Å². The van der Waals surface area contributed by atoms with Crippen molar-refractivity contribution >= 4 is 7.82 Å². The zero-order valence-corrected chi connectivity index (χ0v) is 26.3. The fourth-order valence-corrected chi connectivity index (χ4v) is 5.15. The number of nitrogens with zero attached hydrogens (tertiary/aromatic N) is 4. The Bertz CT molecular complexity index is 1040. The molecule has 2 rings (SSSR count). The fourth-order valence-electron chi connectivity index (χ4n) is 4.79. The van der Waals surface area contributed by atoms with Gasteiger partial charge >= 0.3 is 7.82 Å². The molecule has 2 N–H and O–H groups in total. The molecule has 0 bridgehead atoms. The van der Waals surface area contributed by atoms with Crippen LogP contribution in [0.3, 0.4) is 0 Å². The van der Waals surface area contributed by atoms with Crippen molar-refractivity contribution in [2.24, 2.45) is 0 Å². The van der Waals surface area contributed by atoms with E-state index in [-0.39, 0.29) is 19.8 Å². The van der Waals surface area contributed by atoms with Crippen molar-refractivity contribution in [3.8, 4) is 11.8 Å². The van der Waals surface area contributed by atoms with E-state index in [0.717, 1.165) is 18.4 Å². The first-order valence-corrected chi connectivity index (χ1v) is 17.2. The molecule has 0 unspecified atom stereocenters. The lowest BCUT2D eigenvalue weighted by Gasteiger charge is -2.19. The normalized spacial score (nSPS) is 12.4. The monoisotopic (exact) mass is 606 g/mol. The average Bonchev–Trinajstić information content (AvgIpc) is 3.52. The molecular weight excluding hydrogens is 555 g/mol. The Balaban J connectivity index is 1.57. The van der Waals surface area contributed by atoms with E-state index < -0.39 is 13.9 Å². The van der Waals surface area contributed by atoms with Gasteiger partial charge < -0.3 is 19.3 Å². The third-order valence-electron chi connectivity index (χ3n) is 7.21. The first-order valence-electron chi connectivity index (χ1n) is 15.7. The van der Waals surface area contributed by atoms with Crippen molar-refractivity contribution in [1.82, 2.24) is 14.8 Å². The molecule has 10 nitrogen and oxygen atoms in total. The lowest BCUT2D eigenvalue weighted by atomic mass is 10.0. The maximum absolute atomic E-state index is 11.2. The number of hydrogen-bond acceptors (Lipinski definition) is 7. The van der Waals surface area contributed by atoms with Crippen LogP contribution in [0.2, 0.25) is 0 Å². The van der Waals surface area contributed by atoms with Crippen LogP contribution in [0, 0.1) is 11.3 Å². The number of benzene rings is 1. The second kappa shape index (κ2) is 22.4. The molecule has 0 aliphatic rings. The third kappa shape index (κ3) is 17.1. The van der Waals surface area contributed by atoms with Crippen LogP contribution in [-0.4, -0.2) is 50.5 Å². The Morgan fingerprint density at radius 3 is 2.02 bits per heavy atom. The summed E-state index contributed by atoms with van der Waals surface area (Å²) in [5.41, 5.74) is 1.77. The van der Waals surface area contributed by atoms with E-state index in [1.807, 2.05) is 0 Å². The Kier molecular flexibility index (Phi) is 19.3. The van der Waals surface area contributed by atoms with Gasteiger partial charge in [0.2, 0.25) is 0 Å². The third-order valence-corrected chi connectivity index (χ3v) is 7.69. The average molecular weight is 607 g/mol. The summed E-state index contributed by atoms with van der Waals surface area (Å²) in [6.07, 6.45) is 23.1. The molecule has 1 aromatic heterocycles. The molecule has 42 heavy (non-hydrogen) atoms. The Morgan fingerprint density at radius 1 is 0.905 bits per heavy atom. The highest BCUT2D eigenvalue weighted by Gasteiger charge is 2.19. The molecule has 236 valence electrons. The standard InChI is InChI=1S/C31H51N4O6P/c1-2-3-4-5-6-7-8-9-10-11-12-13-14-15-16-17-20-39-24-30(25-41-42(36,37)38)40-23-28-18-19-29(22-32)31(21-28)35-27-33-26-34-35/h18-19,21,26-27,30H,2-17,20,23-25H2,1H3,(H2,36,37,38)/t30-/m1/s1. The molecule has 1 atom stereocenters. The van der Waals surface area contributed by atoms with Crippen molar-refractivity contribution in [2.45, 2.75) is 122 Å². The molecule has 1 heterocycles. The summed E-state index contributed by atoms with van der Waals surface area (Å²) in [7, 11) is -4.64. The lowest BCUT2D eigenvalue weighted by molar-refractivity contribution is -0.0493. The van der Waals surface area contributed by atoms with Gasteiger partial charge in [-0.25, -0.2) is 14.2 Å². The van der Waals surface area contributed by atoms with Gasteiger partial charge in [-0.15, -0.1) is 0 Å². The molecule has 0 aliphatic carbocycles. The van der Waals surface area contributed by atoms with Gasteiger partial charge in [0.05, 0.1) is 31.1 Å². The van der Waals surface area contributed by atoms with E-state index in [9.17, 15) is 9.83 Å². The number of rotatable bonds is 26. The first-order chi connectivity index (χ1) is 20.4. The fraction of sp³-hybridized carbons (Fsp3) is 0.710. The molecule has 11 heteroatoms. The van der Waals surface area contributed by atoms with Gasteiger partial charge in [0, 0.05) is 6.61 Å². The smallest absolute Gasteiger partial charge is 0.379 e. The predicted molar refractivity (Wildman–Crippen MR) is 163 cm³/mol. The molecule has 0 amide bonds. The van der Waals surface area contributed by atoms with Crippen molar-refractivity contribution in [2.75, 3.05) is 19.8 Å². The minimum atomic E-state index is -4.64. The summed E-state index contributed by atoms with van der Waals surface area (Å²) < 4.78 is 29.1. The van der Waals surface area contributed by atoms with Gasteiger partial charge in [-0.1, -0.05) is 109 Å². The van der Waals surface area contributed by atoms with Crippen LogP contribution in [-0.2, 0) is 25.2 Å². The topological polar surface area (TPSA) is 140 Å². The number of ether oxygens (including phenoxy) is 2. The molecule has 0 saturated heterocycles. The SMILES string of the molecule is CCCCCCCCCCCCCCCCCCOC[C@H](COP(=O)(O)O)OCc1ccc(C#N)c(-n2cncn2)c1. The Hall–Kier alpha value is -2.12. The van der Waals surface area contributed by atoms with E-state index in [1.54, 1.807) is 18.2 Å². The second-order valence-electron chi connectivity index (χ2n) is 10.9. The molecule has 2 aromatic rings. The highest BCUT2D eigenvalue weighted by atomic mass is 31.2. The molecule has 0 fully saturated rings. The van der Waals surface area contributed by atoms with Crippen molar-refractivity contribution in [1.29, 1.82) is 5.26 Å². The molecular formula is C31H51N4O6P. The maximum atomic E-state index is 11.2. The Labute approximate surface area is 252 Å². The van der Waals surface area contributed by atoms with Crippen molar-refractivity contribution < 1.29 is 28.3 Å². The summed E-state index contributed by atoms with van der Waals surface area (Å²) in [4.78, 5) is 22.2. The summed E-state index contributed by atoms with van der Waals surface area (Å²) >= 11 is 0.